The summed E-state index contributed by atoms with van der Waals surface area (Å²) in [5.41, 5.74) is 6.91. The van der Waals surface area contributed by atoms with Crippen molar-refractivity contribution in [3.05, 3.63) is 62.3 Å². The van der Waals surface area contributed by atoms with E-state index in [0.717, 1.165) is 9.35 Å². The van der Waals surface area contributed by atoms with E-state index in [1.165, 1.54) is 23.0 Å². The Labute approximate surface area is 147 Å². The highest BCUT2D eigenvalue weighted by Gasteiger charge is 2.08. The molecule has 0 aliphatic heterocycles. The number of hydrazine groups is 1. The van der Waals surface area contributed by atoms with Gasteiger partial charge in [0, 0.05) is 6.08 Å². The molecular weight excluding hydrogens is 376 g/mol. The molecule has 1 heterocycles. The lowest BCUT2D eigenvalue weighted by Gasteiger charge is -2.05. The van der Waals surface area contributed by atoms with Gasteiger partial charge in [0.15, 0.2) is 0 Å². The van der Waals surface area contributed by atoms with Crippen LogP contribution in [0, 0.1) is 0 Å². The molecule has 0 radical (unpaired) electrons. The molecule has 6 heteroatoms. The molecular formula is C17H17BrN2O2S. The van der Waals surface area contributed by atoms with Crippen LogP contribution in [-0.2, 0) is 4.79 Å². The maximum absolute atomic E-state index is 11.8. The molecule has 2 rings (SSSR count). The summed E-state index contributed by atoms with van der Waals surface area (Å²) in [7, 11) is 0. The zero-order chi connectivity index (χ0) is 16.8. The number of carbonyl (C=O) groups excluding carboxylic acids is 2. The number of carbonyl (C=O) groups is 2. The van der Waals surface area contributed by atoms with Crippen molar-refractivity contribution in [2.45, 2.75) is 19.8 Å². The van der Waals surface area contributed by atoms with Crippen molar-refractivity contribution in [1.29, 1.82) is 0 Å². The van der Waals surface area contributed by atoms with Crippen LogP contribution in [0.1, 0.15) is 40.6 Å². The summed E-state index contributed by atoms with van der Waals surface area (Å²) in [5.74, 6) is -0.255. The Morgan fingerprint density at radius 3 is 2.35 bits per heavy atom. The van der Waals surface area contributed by atoms with E-state index in [1.807, 2.05) is 24.3 Å². The number of rotatable bonds is 4. The molecule has 1 aromatic heterocycles. The van der Waals surface area contributed by atoms with Gasteiger partial charge in [0.25, 0.3) is 11.8 Å². The number of benzene rings is 1. The fraction of sp³-hybridized carbons (Fsp3) is 0.176. The van der Waals surface area contributed by atoms with Crippen LogP contribution >= 0.6 is 27.3 Å². The highest BCUT2D eigenvalue weighted by Crippen LogP contribution is 2.21. The molecule has 0 atom stereocenters. The molecule has 2 N–H and O–H groups in total. The first-order valence-electron chi connectivity index (χ1n) is 7.09. The standard InChI is InChI=1S/C17H17BrN2O2S/c1-11(2)13-6-3-12(4-7-13)5-10-16(21)19-20-17(22)14-8-9-15(18)23-14/h3-11H,1-2H3,(H,19,21)(H,20,22)/b10-5+. The number of thiophene rings is 1. The van der Waals surface area contributed by atoms with Crippen molar-refractivity contribution in [3.63, 3.8) is 0 Å². The zero-order valence-corrected chi connectivity index (χ0v) is 15.2. The third-order valence-corrected chi connectivity index (χ3v) is 4.75. The van der Waals surface area contributed by atoms with Crippen molar-refractivity contribution >= 4 is 45.2 Å². The Bertz CT molecular complexity index is 720. The zero-order valence-electron chi connectivity index (χ0n) is 12.8. The van der Waals surface area contributed by atoms with Crippen LogP contribution in [0.3, 0.4) is 0 Å². The highest BCUT2D eigenvalue weighted by atomic mass is 79.9. The van der Waals surface area contributed by atoms with Gasteiger partial charge in [-0.3, -0.25) is 20.4 Å². The van der Waals surface area contributed by atoms with Gasteiger partial charge in [-0.1, -0.05) is 38.1 Å². The lowest BCUT2D eigenvalue weighted by Crippen LogP contribution is -2.40. The molecule has 120 valence electrons. The third-order valence-electron chi connectivity index (χ3n) is 3.13. The molecule has 0 spiro atoms. The van der Waals surface area contributed by atoms with Crippen molar-refractivity contribution in [2.24, 2.45) is 0 Å². The van der Waals surface area contributed by atoms with E-state index < -0.39 is 0 Å². The molecule has 0 aliphatic carbocycles. The first-order valence-corrected chi connectivity index (χ1v) is 8.70. The van der Waals surface area contributed by atoms with Gasteiger partial charge in [0.1, 0.15) is 0 Å². The lowest BCUT2D eigenvalue weighted by atomic mass is 10.0. The van der Waals surface area contributed by atoms with Gasteiger partial charge in [-0.15, -0.1) is 11.3 Å². The minimum absolute atomic E-state index is 0.344. The predicted octanol–water partition coefficient (Wildman–Crippen LogP) is 4.11. The normalized spacial score (nSPS) is 11.0. The van der Waals surface area contributed by atoms with E-state index >= 15 is 0 Å². The molecule has 0 bridgehead atoms. The average molecular weight is 393 g/mol. The summed E-state index contributed by atoms with van der Waals surface area (Å²) in [6.45, 7) is 4.26. The van der Waals surface area contributed by atoms with Gasteiger partial charge in [0.05, 0.1) is 8.66 Å². The Morgan fingerprint density at radius 2 is 1.78 bits per heavy atom. The molecule has 0 unspecified atom stereocenters. The van der Waals surface area contributed by atoms with E-state index in [1.54, 1.807) is 18.2 Å². The maximum Gasteiger partial charge on any atom is 0.279 e. The third kappa shape index (κ3) is 5.33. The van der Waals surface area contributed by atoms with Gasteiger partial charge in [0.2, 0.25) is 0 Å². The topological polar surface area (TPSA) is 58.2 Å². The molecule has 2 aromatic rings. The number of hydrogen-bond acceptors (Lipinski definition) is 3. The van der Waals surface area contributed by atoms with Crippen LogP contribution in [0.4, 0.5) is 0 Å². The summed E-state index contributed by atoms with van der Waals surface area (Å²) in [6.07, 6.45) is 3.09. The van der Waals surface area contributed by atoms with E-state index in [-0.39, 0.29) is 11.8 Å². The summed E-state index contributed by atoms with van der Waals surface area (Å²) >= 11 is 4.58. The second-order valence-electron chi connectivity index (χ2n) is 5.20. The largest absolute Gasteiger partial charge is 0.279 e. The first kappa shape index (κ1) is 17.4. The molecule has 0 saturated heterocycles. The monoisotopic (exact) mass is 392 g/mol. The van der Waals surface area contributed by atoms with Crippen LogP contribution in [0.2, 0.25) is 0 Å². The number of hydrogen-bond donors (Lipinski definition) is 2. The fourth-order valence-electron chi connectivity index (χ4n) is 1.82. The highest BCUT2D eigenvalue weighted by molar-refractivity contribution is 9.11. The average Bonchev–Trinajstić information content (AvgIpc) is 2.97. The molecule has 23 heavy (non-hydrogen) atoms. The Balaban J connectivity index is 1.85. The van der Waals surface area contributed by atoms with Gasteiger partial charge in [-0.05, 0) is 51.2 Å². The minimum atomic E-state index is -0.387. The molecule has 0 fully saturated rings. The van der Waals surface area contributed by atoms with Crippen LogP contribution in [0.25, 0.3) is 6.08 Å². The van der Waals surface area contributed by atoms with Gasteiger partial charge < -0.3 is 0 Å². The Hall–Kier alpha value is -1.92. The van der Waals surface area contributed by atoms with Crippen molar-refractivity contribution in [3.8, 4) is 0 Å². The molecule has 0 saturated carbocycles. The summed E-state index contributed by atoms with van der Waals surface area (Å²) in [4.78, 5) is 24.0. The van der Waals surface area contributed by atoms with Crippen LogP contribution in [-0.4, -0.2) is 11.8 Å². The number of amides is 2. The predicted molar refractivity (Wildman–Crippen MR) is 97.2 cm³/mol. The smallest absolute Gasteiger partial charge is 0.268 e. The molecule has 4 nitrogen and oxygen atoms in total. The van der Waals surface area contributed by atoms with E-state index in [9.17, 15) is 9.59 Å². The van der Waals surface area contributed by atoms with E-state index in [4.69, 9.17) is 0 Å². The van der Waals surface area contributed by atoms with Crippen molar-refractivity contribution in [1.82, 2.24) is 10.9 Å². The van der Waals surface area contributed by atoms with E-state index in [2.05, 4.69) is 40.6 Å². The lowest BCUT2D eigenvalue weighted by molar-refractivity contribution is -0.117. The van der Waals surface area contributed by atoms with Gasteiger partial charge in [-0.25, -0.2) is 0 Å². The second-order valence-corrected chi connectivity index (χ2v) is 7.66. The minimum Gasteiger partial charge on any atom is -0.268 e. The SMILES string of the molecule is CC(C)c1ccc(/C=C/C(=O)NNC(=O)c2ccc(Br)s2)cc1. The quantitative estimate of drug-likeness (QED) is 0.607. The van der Waals surface area contributed by atoms with Crippen molar-refractivity contribution < 1.29 is 9.59 Å². The van der Waals surface area contributed by atoms with Gasteiger partial charge in [-0.2, -0.15) is 0 Å². The molecule has 2 amide bonds. The molecule has 0 aliphatic rings. The Kier molecular flexibility index (Phi) is 6.12. The maximum atomic E-state index is 11.8. The summed E-state index contributed by atoms with van der Waals surface area (Å²) in [6, 6.07) is 11.5. The van der Waals surface area contributed by atoms with E-state index in [0.29, 0.717) is 10.8 Å². The van der Waals surface area contributed by atoms with Gasteiger partial charge >= 0.3 is 0 Å². The number of nitrogens with one attached hydrogen (secondary N) is 2. The Morgan fingerprint density at radius 1 is 1.09 bits per heavy atom. The van der Waals surface area contributed by atoms with Crippen LogP contribution in [0.5, 0.6) is 0 Å². The first-order chi connectivity index (χ1) is 11.0. The summed E-state index contributed by atoms with van der Waals surface area (Å²) in [5, 5.41) is 0. The van der Waals surface area contributed by atoms with Crippen LogP contribution in [0.15, 0.2) is 46.3 Å². The molecule has 1 aromatic carbocycles. The van der Waals surface area contributed by atoms with Crippen LogP contribution < -0.4 is 10.9 Å². The second kappa shape index (κ2) is 8.08. The summed E-state index contributed by atoms with van der Waals surface area (Å²) < 4.78 is 0.860. The van der Waals surface area contributed by atoms with Crippen molar-refractivity contribution in [2.75, 3.05) is 0 Å². The number of halogens is 1. The fourth-order valence-corrected chi connectivity index (χ4v) is 3.10.